The molecule has 3 rings (SSSR count). The third-order valence-corrected chi connectivity index (χ3v) is 6.37. The van der Waals surface area contributed by atoms with Crippen LogP contribution in [0, 0.1) is 0 Å². The summed E-state index contributed by atoms with van der Waals surface area (Å²) in [5.41, 5.74) is 1.48. The van der Waals surface area contributed by atoms with E-state index >= 15 is 0 Å². The summed E-state index contributed by atoms with van der Waals surface area (Å²) in [6.45, 7) is 2.90. The first-order valence-corrected chi connectivity index (χ1v) is 11.1. The van der Waals surface area contributed by atoms with Crippen LogP contribution in [0.1, 0.15) is 18.1 Å². The van der Waals surface area contributed by atoms with Crippen molar-refractivity contribution in [2.75, 3.05) is 25.2 Å². The van der Waals surface area contributed by atoms with Gasteiger partial charge in [-0.25, -0.2) is 18.2 Å². The maximum Gasteiger partial charge on any atom is 0.330 e. The number of nitrogens with one attached hydrogen (secondary N) is 1. The van der Waals surface area contributed by atoms with E-state index in [0.717, 1.165) is 11.1 Å². The molecule has 2 heterocycles. The van der Waals surface area contributed by atoms with Crippen LogP contribution < -0.4 is 11.2 Å². The lowest BCUT2D eigenvalue weighted by molar-refractivity contribution is 0.217. The molecule has 156 valence electrons. The molecule has 0 atom stereocenters. The Kier molecular flexibility index (Phi) is 6.33. The summed E-state index contributed by atoms with van der Waals surface area (Å²) >= 11 is 0. The number of H-pyrrole nitrogens is 1. The number of nitrogens with zero attached hydrogens (tertiary/aromatic N) is 3. The largest absolute Gasteiger partial charge is 0.384 e. The number of imidazole rings is 1. The molecule has 0 saturated heterocycles. The van der Waals surface area contributed by atoms with Gasteiger partial charge in [-0.1, -0.05) is 24.3 Å². The quantitative estimate of drug-likeness (QED) is 0.541. The Bertz CT molecular complexity index is 1210. The molecule has 1 N–H and O–H groups in total. The normalized spacial score (nSPS) is 11.9. The highest BCUT2D eigenvalue weighted by Crippen LogP contribution is 2.11. The maximum atomic E-state index is 12.3. The Balaban J connectivity index is 1.78. The number of benzene rings is 1. The second-order valence-corrected chi connectivity index (χ2v) is 9.06. The standard InChI is InChI=1S/C19H24N4O5S/c1-3-22-13-20-17-16(22)18(24)21-19(25)23(17)12-15-6-4-14(5-7-15)8-10-29(26,27)11-9-28-2/h4-7,13H,3,8-12H2,1-2H3,(H,21,24,25). The Hall–Kier alpha value is -2.72. The van der Waals surface area contributed by atoms with Crippen LogP contribution in [0.2, 0.25) is 0 Å². The molecule has 10 heteroatoms. The van der Waals surface area contributed by atoms with Crippen LogP contribution in [0.15, 0.2) is 40.2 Å². The van der Waals surface area contributed by atoms with Gasteiger partial charge in [-0.3, -0.25) is 14.3 Å². The first-order chi connectivity index (χ1) is 13.8. The maximum absolute atomic E-state index is 12.3. The van der Waals surface area contributed by atoms with Crippen LogP contribution in [0.4, 0.5) is 0 Å². The van der Waals surface area contributed by atoms with E-state index in [9.17, 15) is 18.0 Å². The molecule has 0 unspecified atom stereocenters. The van der Waals surface area contributed by atoms with E-state index in [1.807, 2.05) is 31.2 Å². The predicted octanol–water partition coefficient (Wildman–Crippen LogP) is 0.558. The molecule has 0 spiro atoms. The van der Waals surface area contributed by atoms with Gasteiger partial charge in [0.25, 0.3) is 5.56 Å². The van der Waals surface area contributed by atoms with Gasteiger partial charge in [0.1, 0.15) is 0 Å². The molecular weight excluding hydrogens is 396 g/mol. The number of aromatic amines is 1. The van der Waals surface area contributed by atoms with E-state index in [4.69, 9.17) is 4.74 Å². The van der Waals surface area contributed by atoms with Crippen LogP contribution >= 0.6 is 0 Å². The van der Waals surface area contributed by atoms with Crippen molar-refractivity contribution in [1.82, 2.24) is 19.1 Å². The van der Waals surface area contributed by atoms with Crippen molar-refractivity contribution in [3.63, 3.8) is 0 Å². The molecule has 29 heavy (non-hydrogen) atoms. The van der Waals surface area contributed by atoms with Crippen molar-refractivity contribution in [1.29, 1.82) is 0 Å². The number of hydrogen-bond acceptors (Lipinski definition) is 6. The smallest absolute Gasteiger partial charge is 0.330 e. The van der Waals surface area contributed by atoms with Gasteiger partial charge >= 0.3 is 5.69 Å². The summed E-state index contributed by atoms with van der Waals surface area (Å²) < 4.78 is 31.8. The molecule has 9 nitrogen and oxygen atoms in total. The molecule has 0 radical (unpaired) electrons. The summed E-state index contributed by atoms with van der Waals surface area (Å²) in [6, 6.07) is 7.38. The summed E-state index contributed by atoms with van der Waals surface area (Å²) in [5, 5.41) is 0. The SMILES string of the molecule is CCn1cnc2c1c(=O)[nH]c(=O)n2Cc1ccc(CCS(=O)(=O)CCOC)cc1. The number of methoxy groups -OCH3 is 1. The van der Waals surface area contributed by atoms with Crippen molar-refractivity contribution < 1.29 is 13.2 Å². The Morgan fingerprint density at radius 2 is 1.79 bits per heavy atom. The van der Waals surface area contributed by atoms with Gasteiger partial charge in [0, 0.05) is 13.7 Å². The number of rotatable bonds is 9. The van der Waals surface area contributed by atoms with Crippen LogP contribution in [-0.4, -0.2) is 52.7 Å². The monoisotopic (exact) mass is 420 g/mol. The molecule has 0 aliphatic heterocycles. The van der Waals surface area contributed by atoms with E-state index in [-0.39, 0.29) is 24.7 Å². The van der Waals surface area contributed by atoms with Crippen LogP contribution in [0.5, 0.6) is 0 Å². The summed E-state index contributed by atoms with van der Waals surface area (Å²) in [7, 11) is -1.68. The predicted molar refractivity (Wildman–Crippen MR) is 110 cm³/mol. The van der Waals surface area contributed by atoms with E-state index in [1.54, 1.807) is 10.9 Å². The van der Waals surface area contributed by atoms with Gasteiger partial charge in [0.15, 0.2) is 21.0 Å². The average Bonchev–Trinajstić information content (AvgIpc) is 3.13. The summed E-state index contributed by atoms with van der Waals surface area (Å²) in [4.78, 5) is 31.0. The van der Waals surface area contributed by atoms with Crippen molar-refractivity contribution in [2.24, 2.45) is 0 Å². The lowest BCUT2D eigenvalue weighted by Gasteiger charge is -2.08. The second-order valence-electron chi connectivity index (χ2n) is 6.76. The van der Waals surface area contributed by atoms with Crippen molar-refractivity contribution in [3.8, 4) is 0 Å². The number of aryl methyl sites for hydroxylation is 2. The van der Waals surface area contributed by atoms with Gasteiger partial charge in [0.05, 0.1) is 31.0 Å². The summed E-state index contributed by atoms with van der Waals surface area (Å²) in [5.74, 6) is 0.0707. The van der Waals surface area contributed by atoms with Gasteiger partial charge in [-0.2, -0.15) is 0 Å². The molecule has 3 aromatic rings. The Morgan fingerprint density at radius 3 is 2.45 bits per heavy atom. The van der Waals surface area contributed by atoms with Gasteiger partial charge in [0.2, 0.25) is 0 Å². The molecule has 0 fully saturated rings. The Morgan fingerprint density at radius 1 is 1.10 bits per heavy atom. The highest BCUT2D eigenvalue weighted by molar-refractivity contribution is 7.91. The zero-order valence-electron chi connectivity index (χ0n) is 16.4. The molecule has 0 aliphatic carbocycles. The topological polar surface area (TPSA) is 116 Å². The zero-order chi connectivity index (χ0) is 21.0. The molecule has 0 bridgehead atoms. The first-order valence-electron chi connectivity index (χ1n) is 9.29. The van der Waals surface area contributed by atoms with E-state index in [2.05, 4.69) is 9.97 Å². The van der Waals surface area contributed by atoms with E-state index < -0.39 is 21.1 Å². The highest BCUT2D eigenvalue weighted by Gasteiger charge is 2.14. The number of aromatic nitrogens is 4. The van der Waals surface area contributed by atoms with Crippen LogP contribution in [0.25, 0.3) is 11.2 Å². The molecular formula is C19H24N4O5S. The van der Waals surface area contributed by atoms with Crippen LogP contribution in [-0.2, 0) is 34.1 Å². The van der Waals surface area contributed by atoms with Crippen molar-refractivity contribution >= 4 is 21.0 Å². The lowest BCUT2D eigenvalue weighted by Crippen LogP contribution is -2.31. The molecule has 0 saturated carbocycles. The minimum atomic E-state index is -3.15. The number of hydrogen-bond donors (Lipinski definition) is 1. The second kappa shape index (κ2) is 8.75. The molecule has 0 amide bonds. The average molecular weight is 420 g/mol. The number of ether oxygens (including phenoxy) is 1. The van der Waals surface area contributed by atoms with E-state index in [1.165, 1.54) is 11.7 Å². The fourth-order valence-electron chi connectivity index (χ4n) is 3.09. The molecule has 2 aromatic heterocycles. The van der Waals surface area contributed by atoms with Gasteiger partial charge in [-0.05, 0) is 24.5 Å². The fraction of sp³-hybridized carbons (Fsp3) is 0.421. The van der Waals surface area contributed by atoms with E-state index in [0.29, 0.717) is 24.1 Å². The molecule has 0 aliphatic rings. The fourth-order valence-corrected chi connectivity index (χ4v) is 4.26. The summed E-state index contributed by atoms with van der Waals surface area (Å²) in [6.07, 6.45) is 1.96. The lowest BCUT2D eigenvalue weighted by atomic mass is 10.1. The minimum Gasteiger partial charge on any atom is -0.384 e. The van der Waals surface area contributed by atoms with Gasteiger partial charge in [-0.15, -0.1) is 0 Å². The molecule has 1 aromatic carbocycles. The third-order valence-electron chi connectivity index (χ3n) is 4.76. The zero-order valence-corrected chi connectivity index (χ0v) is 17.2. The van der Waals surface area contributed by atoms with Crippen molar-refractivity contribution in [3.05, 3.63) is 62.6 Å². The third kappa shape index (κ3) is 4.83. The number of fused-ring (bicyclic) bond motifs is 1. The Labute approximate surface area is 167 Å². The van der Waals surface area contributed by atoms with Gasteiger partial charge < -0.3 is 9.30 Å². The minimum absolute atomic E-state index is 0.0110. The highest BCUT2D eigenvalue weighted by atomic mass is 32.2. The van der Waals surface area contributed by atoms with Crippen molar-refractivity contribution in [2.45, 2.75) is 26.4 Å². The van der Waals surface area contributed by atoms with Crippen LogP contribution in [0.3, 0.4) is 0 Å². The first kappa shape index (κ1) is 21.0. The number of sulfone groups is 1.